The van der Waals surface area contributed by atoms with E-state index in [0.29, 0.717) is 12.1 Å². The topological polar surface area (TPSA) is 50.2 Å². The Labute approximate surface area is 99.5 Å². The van der Waals surface area contributed by atoms with Crippen LogP contribution in [0.1, 0.15) is 10.5 Å². The van der Waals surface area contributed by atoms with Gasteiger partial charge >= 0.3 is 5.97 Å². The normalized spacial score (nSPS) is 10.4. The van der Waals surface area contributed by atoms with Crippen LogP contribution in [0.15, 0.2) is 30.5 Å². The minimum Gasteiger partial charge on any atom is -0.476 e. The van der Waals surface area contributed by atoms with Gasteiger partial charge in [-0.3, -0.25) is 0 Å². The van der Waals surface area contributed by atoms with Crippen LogP contribution < -0.4 is 0 Å². The van der Waals surface area contributed by atoms with Crippen LogP contribution in [0.5, 0.6) is 0 Å². The van der Waals surface area contributed by atoms with E-state index in [1.54, 1.807) is 0 Å². The number of hydrogen-bond acceptors (Lipinski definition) is 2. The smallest absolute Gasteiger partial charge is 0.355 e. The second-order valence-corrected chi connectivity index (χ2v) is 3.45. The summed E-state index contributed by atoms with van der Waals surface area (Å²) in [5.74, 6) is -4.85. The third-order valence-electron chi connectivity index (χ3n) is 2.29. The van der Waals surface area contributed by atoms with Crippen molar-refractivity contribution < 1.29 is 23.1 Å². The highest BCUT2D eigenvalue weighted by Crippen LogP contribution is 2.28. The maximum atomic E-state index is 13.5. The maximum Gasteiger partial charge on any atom is 0.355 e. The maximum absolute atomic E-state index is 13.5. The van der Waals surface area contributed by atoms with Gasteiger partial charge in [0.05, 0.1) is 5.56 Å². The first-order chi connectivity index (χ1) is 8.50. The Kier molecular flexibility index (Phi) is 3.01. The first-order valence-electron chi connectivity index (χ1n) is 4.84. The average molecular weight is 253 g/mol. The minimum absolute atomic E-state index is 0.236. The highest BCUT2D eigenvalue weighted by atomic mass is 19.1. The van der Waals surface area contributed by atoms with Crippen molar-refractivity contribution in [1.82, 2.24) is 4.98 Å². The van der Waals surface area contributed by atoms with Gasteiger partial charge in [0.2, 0.25) is 0 Å². The summed E-state index contributed by atoms with van der Waals surface area (Å²) >= 11 is 0. The van der Waals surface area contributed by atoms with Gasteiger partial charge in [-0.1, -0.05) is 6.07 Å². The largest absolute Gasteiger partial charge is 0.476 e. The van der Waals surface area contributed by atoms with Crippen molar-refractivity contribution >= 4 is 5.97 Å². The Hall–Kier alpha value is -2.37. The van der Waals surface area contributed by atoms with Crippen molar-refractivity contribution in [2.75, 3.05) is 0 Å². The van der Waals surface area contributed by atoms with E-state index in [0.717, 1.165) is 0 Å². The third-order valence-corrected chi connectivity index (χ3v) is 2.29. The molecule has 0 bridgehead atoms. The second-order valence-electron chi connectivity index (χ2n) is 3.45. The molecule has 1 aromatic heterocycles. The summed E-state index contributed by atoms with van der Waals surface area (Å²) in [6, 6.07) is 3.51. The van der Waals surface area contributed by atoms with Crippen molar-refractivity contribution in [3.8, 4) is 11.1 Å². The van der Waals surface area contributed by atoms with E-state index in [1.807, 2.05) is 0 Å². The average Bonchev–Trinajstić information content (AvgIpc) is 2.28. The van der Waals surface area contributed by atoms with Crippen LogP contribution in [0.3, 0.4) is 0 Å². The van der Waals surface area contributed by atoms with E-state index in [2.05, 4.69) is 4.98 Å². The molecule has 1 aromatic carbocycles. The molecule has 0 radical (unpaired) electrons. The number of halogens is 3. The van der Waals surface area contributed by atoms with Crippen molar-refractivity contribution in [3.05, 3.63) is 53.6 Å². The fraction of sp³-hybridized carbons (Fsp3) is 0. The van der Waals surface area contributed by atoms with Crippen molar-refractivity contribution in [3.63, 3.8) is 0 Å². The molecular formula is C12H6F3NO2. The Morgan fingerprint density at radius 2 is 1.78 bits per heavy atom. The summed E-state index contributed by atoms with van der Waals surface area (Å²) in [6.45, 7) is 0. The summed E-state index contributed by atoms with van der Waals surface area (Å²) in [6.07, 6.45) is 1.19. The van der Waals surface area contributed by atoms with E-state index in [9.17, 15) is 18.0 Å². The fourth-order valence-corrected chi connectivity index (χ4v) is 1.58. The van der Waals surface area contributed by atoms with Crippen LogP contribution in [-0.2, 0) is 0 Å². The van der Waals surface area contributed by atoms with E-state index < -0.39 is 34.7 Å². The zero-order valence-electron chi connectivity index (χ0n) is 8.82. The van der Waals surface area contributed by atoms with Gasteiger partial charge in [0, 0.05) is 23.9 Å². The summed E-state index contributed by atoms with van der Waals surface area (Å²) in [4.78, 5) is 14.4. The second kappa shape index (κ2) is 4.48. The number of nitrogens with zero attached hydrogens (tertiary/aromatic N) is 1. The van der Waals surface area contributed by atoms with Crippen molar-refractivity contribution in [2.45, 2.75) is 0 Å². The minimum atomic E-state index is -1.42. The zero-order valence-corrected chi connectivity index (χ0v) is 8.82. The van der Waals surface area contributed by atoms with Crippen LogP contribution >= 0.6 is 0 Å². The van der Waals surface area contributed by atoms with Gasteiger partial charge in [0.25, 0.3) is 0 Å². The van der Waals surface area contributed by atoms with Crippen LogP contribution in [0.2, 0.25) is 0 Å². The molecule has 0 saturated heterocycles. The molecule has 0 aliphatic rings. The molecule has 18 heavy (non-hydrogen) atoms. The van der Waals surface area contributed by atoms with Gasteiger partial charge in [-0.25, -0.2) is 22.9 Å². The number of hydrogen-bond donors (Lipinski definition) is 1. The summed E-state index contributed by atoms with van der Waals surface area (Å²) in [5.41, 5.74) is -1.34. The molecule has 0 aliphatic heterocycles. The number of aromatic carboxylic acids is 1. The molecule has 1 N–H and O–H groups in total. The van der Waals surface area contributed by atoms with Gasteiger partial charge in [-0.15, -0.1) is 0 Å². The Morgan fingerprint density at radius 3 is 2.33 bits per heavy atom. The lowest BCUT2D eigenvalue weighted by molar-refractivity contribution is 0.0691. The van der Waals surface area contributed by atoms with Gasteiger partial charge < -0.3 is 5.11 Å². The fourth-order valence-electron chi connectivity index (χ4n) is 1.58. The summed E-state index contributed by atoms with van der Waals surface area (Å²) in [7, 11) is 0. The SMILES string of the molecule is O=C(O)c1ncccc1-c1c(F)cc(F)cc1F. The van der Waals surface area contributed by atoms with E-state index in [4.69, 9.17) is 5.11 Å². The third kappa shape index (κ3) is 2.04. The lowest BCUT2D eigenvalue weighted by atomic mass is 10.0. The molecule has 6 heteroatoms. The van der Waals surface area contributed by atoms with E-state index in [-0.39, 0.29) is 5.56 Å². The number of carbonyl (C=O) groups is 1. The molecule has 0 atom stereocenters. The molecule has 2 rings (SSSR count). The lowest BCUT2D eigenvalue weighted by Crippen LogP contribution is -2.04. The van der Waals surface area contributed by atoms with Crippen LogP contribution in [0.4, 0.5) is 13.2 Å². The summed E-state index contributed by atoms with van der Waals surface area (Å²) in [5, 5.41) is 8.88. The Bertz CT molecular complexity index is 605. The molecule has 0 amide bonds. The molecule has 0 saturated carbocycles. The Balaban J connectivity index is 2.74. The van der Waals surface area contributed by atoms with E-state index >= 15 is 0 Å². The first kappa shape index (κ1) is 12.1. The highest BCUT2D eigenvalue weighted by Gasteiger charge is 2.20. The number of benzene rings is 1. The molecule has 1 heterocycles. The Morgan fingerprint density at radius 1 is 1.17 bits per heavy atom. The number of rotatable bonds is 2. The van der Waals surface area contributed by atoms with Crippen LogP contribution in [0, 0.1) is 17.5 Å². The zero-order chi connectivity index (χ0) is 13.3. The van der Waals surface area contributed by atoms with Gasteiger partial charge in [-0.05, 0) is 6.07 Å². The number of pyridine rings is 1. The molecule has 0 unspecified atom stereocenters. The van der Waals surface area contributed by atoms with Crippen molar-refractivity contribution in [1.29, 1.82) is 0 Å². The molecule has 3 nitrogen and oxygen atoms in total. The van der Waals surface area contributed by atoms with Crippen LogP contribution in [-0.4, -0.2) is 16.1 Å². The molecule has 0 fully saturated rings. The van der Waals surface area contributed by atoms with Gasteiger partial charge in [0.15, 0.2) is 5.69 Å². The molecule has 0 aliphatic carbocycles. The molecule has 0 spiro atoms. The molecule has 2 aromatic rings. The van der Waals surface area contributed by atoms with Gasteiger partial charge in [0.1, 0.15) is 17.5 Å². The van der Waals surface area contributed by atoms with Crippen LogP contribution in [0.25, 0.3) is 11.1 Å². The van der Waals surface area contributed by atoms with E-state index in [1.165, 1.54) is 18.3 Å². The summed E-state index contributed by atoms with van der Waals surface area (Å²) < 4.78 is 39.9. The lowest BCUT2D eigenvalue weighted by Gasteiger charge is -2.07. The monoisotopic (exact) mass is 253 g/mol. The standard InChI is InChI=1S/C12H6F3NO2/c13-6-4-8(14)10(9(15)5-6)7-2-1-3-16-11(7)12(17)18/h1-5H,(H,17,18). The molecule has 92 valence electrons. The quantitative estimate of drug-likeness (QED) is 0.895. The first-order valence-corrected chi connectivity index (χ1v) is 4.84. The predicted octanol–water partition coefficient (Wildman–Crippen LogP) is 2.86. The number of carboxylic acids is 1. The predicted molar refractivity (Wildman–Crippen MR) is 56.5 cm³/mol. The number of carboxylic acid groups (broad SMARTS) is 1. The highest BCUT2D eigenvalue weighted by molar-refractivity contribution is 5.93. The molecular weight excluding hydrogens is 247 g/mol. The van der Waals surface area contributed by atoms with Crippen molar-refractivity contribution in [2.24, 2.45) is 0 Å². The van der Waals surface area contributed by atoms with Gasteiger partial charge in [-0.2, -0.15) is 0 Å². The number of aromatic nitrogens is 1.